The van der Waals surface area contributed by atoms with Crippen LogP contribution in [0.4, 0.5) is 0 Å². The maximum atomic E-state index is 9.69. The van der Waals surface area contributed by atoms with Gasteiger partial charge in [-0.05, 0) is 5.56 Å². The normalized spacial score (nSPS) is 8.40. The van der Waals surface area contributed by atoms with Gasteiger partial charge in [0, 0.05) is 0 Å². The van der Waals surface area contributed by atoms with Crippen LogP contribution in [-0.4, -0.2) is 6.08 Å². The molecule has 1 aromatic rings. The minimum absolute atomic E-state index is 0.435. The molecule has 0 saturated carbocycles. The van der Waals surface area contributed by atoms with E-state index in [9.17, 15) is 4.79 Å². The van der Waals surface area contributed by atoms with E-state index in [4.69, 9.17) is 0 Å². The second-order valence-electron chi connectivity index (χ2n) is 1.89. The fourth-order valence-electron chi connectivity index (χ4n) is 0.707. The third-order valence-corrected chi connectivity index (χ3v) is 1.17. The maximum Gasteiger partial charge on any atom is 0.235 e. The molecule has 0 saturated heterocycles. The van der Waals surface area contributed by atoms with Crippen LogP contribution in [0.5, 0.6) is 0 Å². The first kappa shape index (κ1) is 6.72. The molecule has 2 nitrogen and oxygen atoms in total. The van der Waals surface area contributed by atoms with Gasteiger partial charge in [0.25, 0.3) is 0 Å². The van der Waals surface area contributed by atoms with Gasteiger partial charge in [0.15, 0.2) is 0 Å². The number of carbonyl (C=O) groups excluding carboxylic acids is 1. The van der Waals surface area contributed by atoms with Crippen molar-refractivity contribution in [3.05, 3.63) is 35.9 Å². The van der Waals surface area contributed by atoms with Crippen LogP contribution in [0.3, 0.4) is 0 Å². The van der Waals surface area contributed by atoms with Crippen LogP contribution in [0, 0.1) is 0 Å². The monoisotopic (exact) mass is 134 g/mol. The summed E-state index contributed by atoms with van der Waals surface area (Å²) in [5.74, 6) is 0. The Morgan fingerprint density at radius 2 is 2.00 bits per heavy atom. The first-order chi connectivity index (χ1) is 4.93. The molecule has 0 aliphatic carbocycles. The van der Waals surface area contributed by atoms with E-state index in [0.29, 0.717) is 6.54 Å². The summed E-state index contributed by atoms with van der Waals surface area (Å²) in [7, 11) is 0. The van der Waals surface area contributed by atoms with E-state index >= 15 is 0 Å². The van der Waals surface area contributed by atoms with Crippen molar-refractivity contribution < 1.29 is 4.79 Å². The molecular formula is C8H7NO. The quantitative estimate of drug-likeness (QED) is 0.342. The van der Waals surface area contributed by atoms with E-state index in [2.05, 4.69) is 4.99 Å². The van der Waals surface area contributed by atoms with Gasteiger partial charge in [-0.2, -0.15) is 0 Å². The number of benzene rings is 1. The Hall–Kier alpha value is -1.40. The van der Waals surface area contributed by atoms with Gasteiger partial charge < -0.3 is 0 Å². The zero-order chi connectivity index (χ0) is 7.23. The number of hydrogen-bond donors (Lipinski definition) is 0. The summed E-state index contributed by atoms with van der Waals surface area (Å²) >= 11 is 0. The van der Waals surface area contributed by atoms with Gasteiger partial charge in [0.2, 0.25) is 6.08 Å². The highest BCUT2D eigenvalue weighted by Crippen LogP contribution is 1.98. The van der Waals surface area contributed by atoms with Crippen LogP contribution in [0.2, 0.25) is 0 Å². The van der Waals surface area contributed by atoms with E-state index in [1.807, 2.05) is 30.3 Å². The molecule has 0 aliphatic heterocycles. The Bertz CT molecular complexity index is 237. The molecule has 0 spiro atoms. The van der Waals surface area contributed by atoms with Crippen LogP contribution in [0.1, 0.15) is 5.56 Å². The van der Waals surface area contributed by atoms with E-state index in [1.165, 1.54) is 6.08 Å². The summed E-state index contributed by atoms with van der Waals surface area (Å²) in [6.45, 7) is 0.435. The number of aliphatic imine (C=N–C) groups is 1. The molecule has 0 fully saturated rings. The zero-order valence-corrected chi connectivity index (χ0v) is 5.45. The molecule has 1 rings (SSSR count). The Morgan fingerprint density at radius 3 is 2.60 bits per heavy atom. The van der Waals surface area contributed by atoms with Crippen molar-refractivity contribution in [2.75, 3.05) is 0 Å². The minimum atomic E-state index is 0.435. The van der Waals surface area contributed by atoms with Crippen molar-refractivity contribution in [2.45, 2.75) is 6.54 Å². The second-order valence-corrected chi connectivity index (χ2v) is 1.89. The van der Waals surface area contributed by atoms with Crippen LogP contribution < -0.4 is 0 Å². The summed E-state index contributed by atoms with van der Waals surface area (Å²) in [5, 5.41) is 0. The molecule has 50 valence electrons. The van der Waals surface area contributed by atoms with Crippen molar-refractivity contribution in [3.8, 4) is 0 Å². The molecule has 2 heteroatoms. The lowest BCUT2D eigenvalue weighted by atomic mass is 10.2. The predicted octanol–water partition coefficient (Wildman–Crippen LogP) is 1.52. The molecule has 1 aromatic carbocycles. The van der Waals surface area contributed by atoms with Gasteiger partial charge in [-0.3, -0.25) is 0 Å². The van der Waals surface area contributed by atoms with Crippen molar-refractivity contribution >= 4 is 6.08 Å². The van der Waals surface area contributed by atoms with Gasteiger partial charge in [-0.15, -0.1) is 0 Å². The van der Waals surface area contributed by atoms with E-state index < -0.39 is 0 Å². The van der Waals surface area contributed by atoms with E-state index in [1.54, 1.807) is 0 Å². The fourth-order valence-corrected chi connectivity index (χ4v) is 0.707. The lowest BCUT2D eigenvalue weighted by Crippen LogP contribution is -1.77. The van der Waals surface area contributed by atoms with Crippen molar-refractivity contribution in [1.29, 1.82) is 0 Å². The molecule has 0 heterocycles. The highest BCUT2D eigenvalue weighted by atomic mass is 16.1. The summed E-state index contributed by atoms with van der Waals surface area (Å²) in [6.07, 6.45) is 1.49. The molecule has 10 heavy (non-hydrogen) atoms. The summed E-state index contributed by atoms with van der Waals surface area (Å²) in [5.41, 5.74) is 1.03. The Morgan fingerprint density at radius 1 is 1.30 bits per heavy atom. The summed E-state index contributed by atoms with van der Waals surface area (Å²) in [4.78, 5) is 13.1. The summed E-state index contributed by atoms with van der Waals surface area (Å²) in [6, 6.07) is 9.58. The molecule has 0 bridgehead atoms. The average Bonchev–Trinajstić information content (AvgIpc) is 2.03. The molecule has 0 aromatic heterocycles. The molecule has 0 N–H and O–H groups in total. The van der Waals surface area contributed by atoms with Crippen molar-refractivity contribution in [2.24, 2.45) is 4.99 Å². The average molecular weight is 134 g/mol. The number of rotatable bonds is 2. The minimum Gasteiger partial charge on any atom is -0.211 e. The Balaban J connectivity index is 2.67. The van der Waals surface area contributed by atoms with Gasteiger partial charge in [0.05, 0.1) is 6.54 Å². The standard InChI is InChI=1S/C8H7NO/c10-7-9-6-8-4-2-1-3-5-8/h1-5H,6H2/i9+1. The topological polar surface area (TPSA) is 29.4 Å². The first-order valence-electron chi connectivity index (χ1n) is 3.01. The SMILES string of the molecule is O=C=[15N]Cc1ccccc1. The lowest BCUT2D eigenvalue weighted by Gasteiger charge is -1.89. The van der Waals surface area contributed by atoms with E-state index in [-0.39, 0.29) is 0 Å². The maximum absolute atomic E-state index is 9.69. The molecule has 0 aliphatic rings. The predicted molar refractivity (Wildman–Crippen MR) is 38.3 cm³/mol. The van der Waals surface area contributed by atoms with Crippen LogP contribution in [0.15, 0.2) is 35.3 Å². The molecular weight excluding hydrogens is 127 g/mol. The second kappa shape index (κ2) is 3.59. The summed E-state index contributed by atoms with van der Waals surface area (Å²) < 4.78 is 0. The van der Waals surface area contributed by atoms with Gasteiger partial charge in [-0.1, -0.05) is 30.3 Å². The molecule has 0 amide bonds. The first-order valence-corrected chi connectivity index (χ1v) is 3.01. The van der Waals surface area contributed by atoms with Crippen LogP contribution in [0.25, 0.3) is 0 Å². The van der Waals surface area contributed by atoms with Gasteiger partial charge in [0.1, 0.15) is 0 Å². The smallest absolute Gasteiger partial charge is 0.211 e. The Labute approximate surface area is 59.2 Å². The highest BCUT2D eigenvalue weighted by molar-refractivity contribution is 5.33. The zero-order valence-electron chi connectivity index (χ0n) is 5.45. The van der Waals surface area contributed by atoms with Gasteiger partial charge in [-0.25, -0.2) is 9.79 Å². The third-order valence-electron chi connectivity index (χ3n) is 1.17. The van der Waals surface area contributed by atoms with Crippen molar-refractivity contribution in [1.82, 2.24) is 0 Å². The molecule has 0 atom stereocenters. The fraction of sp³-hybridized carbons (Fsp3) is 0.125. The molecule has 0 radical (unpaired) electrons. The molecule has 0 unspecified atom stereocenters. The number of hydrogen-bond acceptors (Lipinski definition) is 2. The van der Waals surface area contributed by atoms with Crippen LogP contribution in [-0.2, 0) is 11.3 Å². The van der Waals surface area contributed by atoms with Crippen LogP contribution >= 0.6 is 0 Å². The number of nitrogens with zero attached hydrogens (tertiary/aromatic N) is 1. The third kappa shape index (κ3) is 1.84. The van der Waals surface area contributed by atoms with Crippen molar-refractivity contribution in [3.63, 3.8) is 0 Å². The van der Waals surface area contributed by atoms with Gasteiger partial charge >= 0.3 is 0 Å². The largest absolute Gasteiger partial charge is 0.235 e. The number of isocyanates is 1. The Kier molecular flexibility index (Phi) is 2.41. The highest BCUT2D eigenvalue weighted by Gasteiger charge is 1.84. The van der Waals surface area contributed by atoms with E-state index in [0.717, 1.165) is 5.56 Å². The lowest BCUT2D eigenvalue weighted by molar-refractivity contribution is 0.563.